The van der Waals surface area contributed by atoms with Gasteiger partial charge in [-0.25, -0.2) is 0 Å². The van der Waals surface area contributed by atoms with E-state index in [9.17, 15) is 4.79 Å². The number of ether oxygens (including phenoxy) is 2. The molecule has 5 nitrogen and oxygen atoms in total. The minimum absolute atomic E-state index is 0.0400. The first-order valence-corrected chi connectivity index (χ1v) is 5.32. The Hall–Kier alpha value is -1.36. The van der Waals surface area contributed by atoms with Gasteiger partial charge in [0.05, 0.1) is 13.3 Å². The van der Waals surface area contributed by atoms with Gasteiger partial charge < -0.3 is 9.47 Å². The van der Waals surface area contributed by atoms with Crippen LogP contribution in [0.25, 0.3) is 0 Å². The molecule has 2 rings (SSSR count). The number of hydrogen-bond donors (Lipinski definition) is 0. The maximum atomic E-state index is 12.3. The fraction of sp³-hybridized carbons (Fsp3) is 0.636. The van der Waals surface area contributed by atoms with Crippen molar-refractivity contribution in [2.45, 2.75) is 18.9 Å². The largest absolute Gasteiger partial charge is 0.493 e. The highest BCUT2D eigenvalue weighted by molar-refractivity contribution is 6.00. The van der Waals surface area contributed by atoms with Crippen molar-refractivity contribution in [3.8, 4) is 5.75 Å². The highest BCUT2D eigenvalue weighted by Crippen LogP contribution is 2.36. The average molecular weight is 224 g/mol. The zero-order chi connectivity index (χ0) is 11.7. The molecular weight excluding hydrogens is 208 g/mol. The van der Waals surface area contributed by atoms with Crippen molar-refractivity contribution in [3.63, 3.8) is 0 Å². The number of ketones is 1. The molecule has 1 aliphatic rings. The van der Waals surface area contributed by atoms with Gasteiger partial charge in [0.25, 0.3) is 0 Å². The van der Waals surface area contributed by atoms with Crippen molar-refractivity contribution in [1.29, 1.82) is 0 Å². The summed E-state index contributed by atoms with van der Waals surface area (Å²) in [6.45, 7) is 0. The van der Waals surface area contributed by atoms with Gasteiger partial charge in [0.15, 0.2) is 5.75 Å². The van der Waals surface area contributed by atoms with Crippen LogP contribution in [0.15, 0.2) is 6.20 Å². The fourth-order valence-electron chi connectivity index (χ4n) is 1.89. The van der Waals surface area contributed by atoms with Crippen LogP contribution >= 0.6 is 0 Å². The highest BCUT2D eigenvalue weighted by atomic mass is 16.5. The van der Waals surface area contributed by atoms with Crippen molar-refractivity contribution >= 4 is 5.78 Å². The summed E-state index contributed by atoms with van der Waals surface area (Å²) in [4.78, 5) is 12.3. The molecule has 1 atom stereocenters. The lowest BCUT2D eigenvalue weighted by Crippen LogP contribution is -2.27. The summed E-state index contributed by atoms with van der Waals surface area (Å²) in [7, 11) is 4.84. The summed E-state index contributed by atoms with van der Waals surface area (Å²) in [6.07, 6.45) is 3.31. The van der Waals surface area contributed by atoms with Gasteiger partial charge in [-0.1, -0.05) is 0 Å². The summed E-state index contributed by atoms with van der Waals surface area (Å²) in [5.74, 6) is 0.828. The average Bonchev–Trinajstić information content (AvgIpc) is 3.02. The number of nitrogens with zero attached hydrogens (tertiary/aromatic N) is 2. The van der Waals surface area contributed by atoms with E-state index < -0.39 is 0 Å². The summed E-state index contributed by atoms with van der Waals surface area (Å²) in [5.41, 5.74) is 0.487. The third-order valence-electron chi connectivity index (χ3n) is 2.92. The first kappa shape index (κ1) is 11.1. The molecule has 88 valence electrons. The van der Waals surface area contributed by atoms with E-state index in [4.69, 9.17) is 9.47 Å². The molecule has 1 aromatic rings. The number of rotatable bonds is 5. The molecule has 0 N–H and O–H groups in total. The number of carbonyl (C=O) groups is 1. The van der Waals surface area contributed by atoms with E-state index in [0.29, 0.717) is 17.4 Å². The van der Waals surface area contributed by atoms with Gasteiger partial charge in [-0.3, -0.25) is 9.48 Å². The summed E-state index contributed by atoms with van der Waals surface area (Å²) in [5, 5.41) is 4.02. The van der Waals surface area contributed by atoms with Crippen molar-refractivity contribution in [2.75, 3.05) is 14.2 Å². The molecule has 0 radical (unpaired) electrons. The lowest BCUT2D eigenvalue weighted by Gasteiger charge is -2.13. The molecule has 0 aliphatic heterocycles. The molecule has 0 spiro atoms. The van der Waals surface area contributed by atoms with Gasteiger partial charge in [0.1, 0.15) is 11.8 Å². The van der Waals surface area contributed by atoms with Crippen LogP contribution in [0.3, 0.4) is 0 Å². The maximum Gasteiger partial charge on any atom is 0.213 e. The maximum absolute atomic E-state index is 12.3. The first-order valence-electron chi connectivity index (χ1n) is 5.32. The molecule has 1 heterocycles. The molecule has 1 aromatic heterocycles. The standard InChI is InChI=1S/C11H16N2O3/c1-13-9(8(15-2)6-12-13)10(14)11(16-3)7-4-5-7/h6-7,11H,4-5H2,1-3H3. The Kier molecular flexibility index (Phi) is 2.96. The molecule has 0 saturated heterocycles. The number of Topliss-reactive ketones (excluding diaryl/α,β-unsaturated/α-hetero) is 1. The van der Waals surface area contributed by atoms with Gasteiger partial charge in [-0.05, 0) is 18.8 Å². The van der Waals surface area contributed by atoms with Crippen molar-refractivity contribution in [2.24, 2.45) is 13.0 Å². The Bertz CT molecular complexity index is 396. The van der Waals surface area contributed by atoms with E-state index in [-0.39, 0.29) is 11.9 Å². The van der Waals surface area contributed by atoms with Crippen LogP contribution in [-0.2, 0) is 11.8 Å². The van der Waals surface area contributed by atoms with Crippen LogP contribution in [0.5, 0.6) is 5.75 Å². The Morgan fingerprint density at radius 2 is 2.25 bits per heavy atom. The third kappa shape index (κ3) is 1.82. The molecule has 1 aliphatic carbocycles. The molecular formula is C11H16N2O3. The molecule has 1 saturated carbocycles. The van der Waals surface area contributed by atoms with Gasteiger partial charge in [0.2, 0.25) is 5.78 Å². The molecule has 1 fully saturated rings. The molecule has 0 aromatic carbocycles. The summed E-state index contributed by atoms with van der Waals surface area (Å²) < 4.78 is 11.9. The van der Waals surface area contributed by atoms with E-state index >= 15 is 0 Å². The van der Waals surface area contributed by atoms with Gasteiger partial charge in [-0.2, -0.15) is 5.10 Å². The summed E-state index contributed by atoms with van der Waals surface area (Å²) >= 11 is 0. The number of carbonyl (C=O) groups excluding carboxylic acids is 1. The SMILES string of the molecule is COc1cnn(C)c1C(=O)C(OC)C1CC1. The van der Waals surface area contributed by atoms with Crippen LogP contribution in [0.4, 0.5) is 0 Å². The van der Waals surface area contributed by atoms with Crippen LogP contribution in [0.1, 0.15) is 23.3 Å². The smallest absolute Gasteiger partial charge is 0.213 e. The van der Waals surface area contributed by atoms with E-state index in [1.165, 1.54) is 11.8 Å². The molecule has 16 heavy (non-hydrogen) atoms. The number of hydrogen-bond acceptors (Lipinski definition) is 4. The second-order valence-electron chi connectivity index (χ2n) is 4.04. The Labute approximate surface area is 94.3 Å². The van der Waals surface area contributed by atoms with Crippen molar-refractivity contribution < 1.29 is 14.3 Å². The van der Waals surface area contributed by atoms with Crippen molar-refractivity contribution in [1.82, 2.24) is 9.78 Å². The monoisotopic (exact) mass is 224 g/mol. The van der Waals surface area contributed by atoms with Gasteiger partial charge in [0, 0.05) is 14.2 Å². The second-order valence-corrected chi connectivity index (χ2v) is 4.04. The van der Waals surface area contributed by atoms with E-state index in [1.54, 1.807) is 20.4 Å². The number of methoxy groups -OCH3 is 2. The molecule has 0 amide bonds. The Balaban J connectivity index is 2.27. The van der Waals surface area contributed by atoms with Crippen LogP contribution < -0.4 is 4.74 Å². The lowest BCUT2D eigenvalue weighted by atomic mass is 10.1. The number of aryl methyl sites for hydroxylation is 1. The van der Waals surface area contributed by atoms with Crippen LogP contribution in [0, 0.1) is 5.92 Å². The quantitative estimate of drug-likeness (QED) is 0.701. The van der Waals surface area contributed by atoms with E-state index in [1.807, 2.05) is 0 Å². The lowest BCUT2D eigenvalue weighted by molar-refractivity contribution is 0.0527. The molecule has 0 bridgehead atoms. The summed E-state index contributed by atoms with van der Waals surface area (Å²) in [6, 6.07) is 0. The first-order chi connectivity index (χ1) is 7.69. The predicted octanol–water partition coefficient (Wildman–Crippen LogP) is 1.04. The molecule has 5 heteroatoms. The van der Waals surface area contributed by atoms with Crippen molar-refractivity contribution in [3.05, 3.63) is 11.9 Å². The molecule has 1 unspecified atom stereocenters. The number of aromatic nitrogens is 2. The van der Waals surface area contributed by atoms with Crippen LogP contribution in [-0.4, -0.2) is 35.9 Å². The second kappa shape index (κ2) is 4.25. The third-order valence-corrected chi connectivity index (χ3v) is 2.92. The minimum Gasteiger partial charge on any atom is -0.493 e. The minimum atomic E-state index is -0.357. The highest BCUT2D eigenvalue weighted by Gasteiger charge is 2.38. The van der Waals surface area contributed by atoms with Gasteiger partial charge in [-0.15, -0.1) is 0 Å². The fourth-order valence-corrected chi connectivity index (χ4v) is 1.89. The Morgan fingerprint density at radius 1 is 1.56 bits per heavy atom. The normalized spacial score (nSPS) is 17.2. The van der Waals surface area contributed by atoms with E-state index in [0.717, 1.165) is 12.8 Å². The Morgan fingerprint density at radius 3 is 2.75 bits per heavy atom. The van der Waals surface area contributed by atoms with E-state index in [2.05, 4.69) is 5.10 Å². The van der Waals surface area contributed by atoms with Crippen LogP contribution in [0.2, 0.25) is 0 Å². The topological polar surface area (TPSA) is 53.4 Å². The predicted molar refractivity (Wildman–Crippen MR) is 57.6 cm³/mol. The zero-order valence-electron chi connectivity index (χ0n) is 9.77. The van der Waals surface area contributed by atoms with Gasteiger partial charge >= 0.3 is 0 Å². The zero-order valence-corrected chi connectivity index (χ0v) is 9.77.